The van der Waals surface area contributed by atoms with Crippen LogP contribution in [0.2, 0.25) is 0 Å². The highest BCUT2D eigenvalue weighted by molar-refractivity contribution is 5.69. The molecular weight excluding hydrogens is 394 g/mol. The topological polar surface area (TPSA) is 88.2 Å². The van der Waals surface area contributed by atoms with E-state index in [4.69, 9.17) is 9.47 Å². The van der Waals surface area contributed by atoms with Gasteiger partial charge >= 0.3 is 5.97 Å². The monoisotopic (exact) mass is 415 g/mol. The molecule has 3 aromatic carbocycles. The quantitative estimate of drug-likeness (QED) is 0.271. The highest BCUT2D eigenvalue weighted by Crippen LogP contribution is 2.26. The first-order valence-corrected chi connectivity index (χ1v) is 9.80. The lowest BCUT2D eigenvalue weighted by Crippen LogP contribution is -2.17. The second-order valence-electron chi connectivity index (χ2n) is 6.82. The van der Waals surface area contributed by atoms with Crippen molar-refractivity contribution in [1.82, 2.24) is 0 Å². The number of hydrogen-bond donors (Lipinski definition) is 0. The third-order valence-electron chi connectivity index (χ3n) is 4.48. The lowest BCUT2D eigenvalue weighted by atomic mass is 10.2. The number of ether oxygens (including phenoxy) is 2. The van der Waals surface area contributed by atoms with Crippen LogP contribution in [0.15, 0.2) is 93.3 Å². The third-order valence-corrected chi connectivity index (χ3v) is 4.48. The van der Waals surface area contributed by atoms with Gasteiger partial charge in [0.1, 0.15) is 12.5 Å². The van der Waals surface area contributed by atoms with Gasteiger partial charge in [0.15, 0.2) is 0 Å². The zero-order chi connectivity index (χ0) is 21.5. The number of rotatable bonds is 6. The molecule has 0 bridgehead atoms. The summed E-state index contributed by atoms with van der Waals surface area (Å²) in [6.07, 6.45) is 0. The number of esters is 1. The van der Waals surface area contributed by atoms with Crippen LogP contribution in [-0.2, 0) is 9.53 Å². The second kappa shape index (κ2) is 9.73. The van der Waals surface area contributed by atoms with Crippen LogP contribution in [-0.4, -0.2) is 25.9 Å². The minimum atomic E-state index is -0.360. The van der Waals surface area contributed by atoms with Gasteiger partial charge in [-0.3, -0.25) is 4.79 Å². The van der Waals surface area contributed by atoms with E-state index >= 15 is 0 Å². The first-order valence-electron chi connectivity index (χ1n) is 9.80. The van der Waals surface area contributed by atoms with Gasteiger partial charge in [0.05, 0.1) is 29.4 Å². The zero-order valence-electron chi connectivity index (χ0n) is 17.0. The van der Waals surface area contributed by atoms with Crippen molar-refractivity contribution in [2.24, 2.45) is 20.5 Å². The van der Waals surface area contributed by atoms with Gasteiger partial charge in [0, 0.05) is 19.2 Å². The molecule has 1 fully saturated rings. The van der Waals surface area contributed by atoms with E-state index in [9.17, 15) is 4.79 Å². The van der Waals surface area contributed by atoms with Crippen molar-refractivity contribution in [1.29, 1.82) is 0 Å². The Morgan fingerprint density at radius 3 is 1.65 bits per heavy atom. The minimum absolute atomic E-state index is 0.360. The van der Waals surface area contributed by atoms with Crippen molar-refractivity contribution in [2.75, 3.05) is 24.8 Å². The number of anilines is 1. The van der Waals surface area contributed by atoms with Gasteiger partial charge in [-0.1, -0.05) is 0 Å². The predicted molar refractivity (Wildman–Crippen MR) is 117 cm³/mol. The fourth-order valence-electron chi connectivity index (χ4n) is 2.91. The Balaban J connectivity index is 1.34. The standard InChI is InChI=1S/C23H21N5O3/c1-17(29)31-23-12-8-21(9-13-23)27-25-19-4-2-18(3-5-19)24-26-20-6-10-22(11-7-20)28-14-15-30-16-28/h2-13H,14-16H2,1H3. The molecule has 1 aliphatic heterocycles. The summed E-state index contributed by atoms with van der Waals surface area (Å²) in [5.74, 6) is 0.113. The van der Waals surface area contributed by atoms with Crippen molar-refractivity contribution in [3.05, 3.63) is 72.8 Å². The highest BCUT2D eigenvalue weighted by atomic mass is 16.5. The van der Waals surface area contributed by atoms with Gasteiger partial charge in [-0.05, 0) is 72.8 Å². The molecule has 0 saturated carbocycles. The van der Waals surface area contributed by atoms with Crippen LogP contribution in [0.4, 0.5) is 28.4 Å². The van der Waals surface area contributed by atoms with E-state index in [-0.39, 0.29) is 5.97 Å². The molecule has 4 rings (SSSR count). The fraction of sp³-hybridized carbons (Fsp3) is 0.174. The van der Waals surface area contributed by atoms with E-state index < -0.39 is 0 Å². The second-order valence-corrected chi connectivity index (χ2v) is 6.82. The molecule has 156 valence electrons. The smallest absolute Gasteiger partial charge is 0.308 e. The average molecular weight is 415 g/mol. The molecular formula is C23H21N5O3. The van der Waals surface area contributed by atoms with Crippen LogP contribution < -0.4 is 9.64 Å². The average Bonchev–Trinajstić information content (AvgIpc) is 3.33. The molecule has 0 atom stereocenters. The van der Waals surface area contributed by atoms with Crippen molar-refractivity contribution >= 4 is 34.4 Å². The summed E-state index contributed by atoms with van der Waals surface area (Å²) in [6.45, 7) is 3.66. The lowest BCUT2D eigenvalue weighted by Gasteiger charge is -2.15. The number of carbonyl (C=O) groups is 1. The number of azo groups is 2. The van der Waals surface area contributed by atoms with Gasteiger partial charge in [-0.25, -0.2) is 0 Å². The normalized spacial score (nSPS) is 13.9. The van der Waals surface area contributed by atoms with E-state index in [0.717, 1.165) is 30.2 Å². The number of carbonyl (C=O) groups excluding carboxylic acids is 1. The molecule has 1 saturated heterocycles. The molecule has 1 aliphatic rings. The molecule has 0 aromatic heterocycles. The summed E-state index contributed by atoms with van der Waals surface area (Å²) in [7, 11) is 0. The Bertz CT molecular complexity index is 1070. The van der Waals surface area contributed by atoms with Crippen molar-refractivity contribution in [2.45, 2.75) is 6.92 Å². The first kappa shape index (κ1) is 20.4. The summed E-state index contributed by atoms with van der Waals surface area (Å²) in [5, 5.41) is 16.9. The molecule has 0 amide bonds. The summed E-state index contributed by atoms with van der Waals surface area (Å²) in [5.41, 5.74) is 3.97. The van der Waals surface area contributed by atoms with E-state index in [1.54, 1.807) is 24.3 Å². The molecule has 0 spiro atoms. The Morgan fingerprint density at radius 1 is 0.774 bits per heavy atom. The van der Waals surface area contributed by atoms with Crippen LogP contribution in [0.1, 0.15) is 6.92 Å². The van der Waals surface area contributed by atoms with Crippen LogP contribution in [0, 0.1) is 0 Å². The van der Waals surface area contributed by atoms with Gasteiger partial charge in [0.2, 0.25) is 0 Å². The molecule has 1 heterocycles. The molecule has 0 N–H and O–H groups in total. The van der Waals surface area contributed by atoms with E-state index in [2.05, 4.69) is 25.4 Å². The van der Waals surface area contributed by atoms with Crippen LogP contribution in [0.5, 0.6) is 5.75 Å². The van der Waals surface area contributed by atoms with Crippen LogP contribution in [0.25, 0.3) is 0 Å². The lowest BCUT2D eigenvalue weighted by molar-refractivity contribution is -0.131. The summed E-state index contributed by atoms with van der Waals surface area (Å²) >= 11 is 0. The fourth-order valence-corrected chi connectivity index (χ4v) is 2.91. The Labute approximate surface area is 179 Å². The summed E-state index contributed by atoms with van der Waals surface area (Å²) in [4.78, 5) is 13.1. The van der Waals surface area contributed by atoms with E-state index in [0.29, 0.717) is 23.9 Å². The Kier molecular flexibility index (Phi) is 6.39. The van der Waals surface area contributed by atoms with Gasteiger partial charge in [0.25, 0.3) is 0 Å². The molecule has 0 aliphatic carbocycles. The van der Waals surface area contributed by atoms with Crippen LogP contribution in [0.3, 0.4) is 0 Å². The van der Waals surface area contributed by atoms with Crippen molar-refractivity contribution < 1.29 is 14.3 Å². The van der Waals surface area contributed by atoms with Gasteiger partial charge in [-0.15, -0.1) is 0 Å². The van der Waals surface area contributed by atoms with Crippen molar-refractivity contribution in [3.63, 3.8) is 0 Å². The zero-order valence-corrected chi connectivity index (χ0v) is 17.0. The SMILES string of the molecule is CC(=O)Oc1ccc(N=Nc2ccc(N=Nc3ccc(N4CCOC4)cc3)cc2)cc1. The van der Waals surface area contributed by atoms with E-state index in [1.807, 2.05) is 48.5 Å². The minimum Gasteiger partial charge on any atom is -0.427 e. The Hall–Kier alpha value is -3.91. The third kappa shape index (κ3) is 5.80. The van der Waals surface area contributed by atoms with Crippen molar-refractivity contribution in [3.8, 4) is 5.75 Å². The largest absolute Gasteiger partial charge is 0.427 e. The number of hydrogen-bond acceptors (Lipinski definition) is 8. The van der Waals surface area contributed by atoms with Crippen LogP contribution >= 0.6 is 0 Å². The first-order chi connectivity index (χ1) is 15.2. The summed E-state index contributed by atoms with van der Waals surface area (Å²) < 4.78 is 10.4. The van der Waals surface area contributed by atoms with Gasteiger partial charge < -0.3 is 14.4 Å². The molecule has 0 unspecified atom stereocenters. The maximum Gasteiger partial charge on any atom is 0.308 e. The molecule has 8 nitrogen and oxygen atoms in total. The van der Waals surface area contributed by atoms with Gasteiger partial charge in [-0.2, -0.15) is 20.5 Å². The van der Waals surface area contributed by atoms with E-state index in [1.165, 1.54) is 6.92 Å². The number of benzene rings is 3. The molecule has 3 aromatic rings. The maximum absolute atomic E-state index is 10.9. The number of nitrogens with zero attached hydrogens (tertiary/aromatic N) is 5. The predicted octanol–water partition coefficient (Wildman–Crippen LogP) is 6.24. The molecule has 0 radical (unpaired) electrons. The summed E-state index contributed by atoms with van der Waals surface area (Å²) in [6, 6.07) is 22.0. The highest BCUT2D eigenvalue weighted by Gasteiger charge is 2.11. The molecule has 8 heteroatoms. The molecule has 31 heavy (non-hydrogen) atoms. The Morgan fingerprint density at radius 2 is 1.23 bits per heavy atom. The maximum atomic E-state index is 10.9.